The van der Waals surface area contributed by atoms with Gasteiger partial charge in [0.1, 0.15) is 30.7 Å². The Morgan fingerprint density at radius 3 is 2.24 bits per heavy atom. The molecule has 0 bridgehead atoms. The molecule has 0 aliphatic rings. The van der Waals surface area contributed by atoms with Gasteiger partial charge in [-0.2, -0.15) is 0 Å². The molecule has 0 aromatic heterocycles. The third-order valence-electron chi connectivity index (χ3n) is 5.93. The van der Waals surface area contributed by atoms with Gasteiger partial charge in [-0.1, -0.05) is 123 Å². The molecule has 1 N–H and O–H groups in total. The Hall–Kier alpha value is -4.01. The van der Waals surface area contributed by atoms with Gasteiger partial charge in [-0.15, -0.1) is 0 Å². The second kappa shape index (κ2) is 22.7. The Labute approximate surface area is 255 Å². The smallest absolute Gasteiger partial charge is 0.129 e. The minimum atomic E-state index is 0.0957. The zero-order valence-corrected chi connectivity index (χ0v) is 27.6. The van der Waals surface area contributed by atoms with Crippen molar-refractivity contribution in [1.82, 2.24) is 5.32 Å². The van der Waals surface area contributed by atoms with E-state index < -0.39 is 0 Å². The Morgan fingerprint density at radius 2 is 1.60 bits per heavy atom. The SMILES string of the molecule is C=c1cccc/c1=C/C=C(\C)NCc1cccc(OCc2cccc(C)c2OCC(=C=O)C(C)C)c1.CC.CC.CC. The van der Waals surface area contributed by atoms with Gasteiger partial charge in [0.2, 0.25) is 0 Å². The van der Waals surface area contributed by atoms with Crippen molar-refractivity contribution in [3.8, 4) is 11.5 Å². The van der Waals surface area contributed by atoms with Crippen molar-refractivity contribution in [3.05, 3.63) is 111 Å². The van der Waals surface area contributed by atoms with E-state index in [9.17, 15) is 4.79 Å². The van der Waals surface area contributed by atoms with E-state index in [0.717, 1.165) is 44.3 Å². The molecule has 0 amide bonds. The highest BCUT2D eigenvalue weighted by molar-refractivity contribution is 5.53. The first-order valence-corrected chi connectivity index (χ1v) is 15.2. The van der Waals surface area contributed by atoms with Gasteiger partial charge in [0.15, 0.2) is 0 Å². The minimum Gasteiger partial charge on any atom is -0.489 e. The van der Waals surface area contributed by atoms with E-state index in [1.54, 1.807) is 0 Å². The molecule has 0 saturated carbocycles. The highest BCUT2D eigenvalue weighted by Crippen LogP contribution is 2.26. The van der Waals surface area contributed by atoms with Crippen LogP contribution in [0.25, 0.3) is 12.7 Å². The third-order valence-corrected chi connectivity index (χ3v) is 5.93. The van der Waals surface area contributed by atoms with E-state index in [2.05, 4.69) is 36.2 Å². The summed E-state index contributed by atoms with van der Waals surface area (Å²) in [5, 5.41) is 5.56. The van der Waals surface area contributed by atoms with Crippen LogP contribution in [0.4, 0.5) is 0 Å². The summed E-state index contributed by atoms with van der Waals surface area (Å²) in [6.45, 7) is 25.3. The zero-order valence-electron chi connectivity index (χ0n) is 27.6. The second-order valence-corrected chi connectivity index (χ2v) is 9.14. The number of ether oxygens (including phenoxy) is 2. The molecule has 3 aromatic rings. The molecule has 0 saturated heterocycles. The van der Waals surface area contributed by atoms with E-state index in [1.807, 2.05) is 130 Å². The van der Waals surface area contributed by atoms with Crippen LogP contribution in [0.3, 0.4) is 0 Å². The summed E-state index contributed by atoms with van der Waals surface area (Å²) in [7, 11) is 0. The topological polar surface area (TPSA) is 47.6 Å². The number of rotatable bonds is 11. The van der Waals surface area contributed by atoms with E-state index in [4.69, 9.17) is 9.47 Å². The molecule has 0 aliphatic carbocycles. The predicted octanol–water partition coefficient (Wildman–Crippen LogP) is 8.33. The van der Waals surface area contributed by atoms with Gasteiger partial charge in [-0.05, 0) is 59.5 Å². The molecule has 42 heavy (non-hydrogen) atoms. The van der Waals surface area contributed by atoms with E-state index >= 15 is 0 Å². The van der Waals surface area contributed by atoms with Crippen LogP contribution in [0, 0.1) is 12.8 Å². The van der Waals surface area contributed by atoms with Crippen LogP contribution in [0.2, 0.25) is 0 Å². The Kier molecular flexibility index (Phi) is 20.5. The van der Waals surface area contributed by atoms with Crippen LogP contribution in [0.1, 0.15) is 79.0 Å². The number of nitrogens with one attached hydrogen (secondary N) is 1. The number of para-hydroxylation sites is 1. The van der Waals surface area contributed by atoms with Gasteiger partial charge >= 0.3 is 0 Å². The summed E-state index contributed by atoms with van der Waals surface area (Å²) in [5.41, 5.74) is 4.74. The Balaban J connectivity index is 0.00000263. The number of hydrogen-bond acceptors (Lipinski definition) is 4. The monoisotopic (exact) mass is 571 g/mol. The number of aryl methyl sites for hydroxylation is 1. The molecule has 0 radical (unpaired) electrons. The first kappa shape index (κ1) is 38.0. The highest BCUT2D eigenvalue weighted by Gasteiger charge is 2.11. The summed E-state index contributed by atoms with van der Waals surface area (Å²) < 4.78 is 12.1. The summed E-state index contributed by atoms with van der Waals surface area (Å²) in [6, 6.07) is 22.1. The van der Waals surface area contributed by atoms with Gasteiger partial charge in [0, 0.05) is 17.8 Å². The number of hydrogen-bond donors (Lipinski definition) is 1. The normalized spacial score (nSPS) is 10.5. The molecule has 0 atom stereocenters. The van der Waals surface area contributed by atoms with Crippen LogP contribution in [0.15, 0.2) is 84.1 Å². The van der Waals surface area contributed by atoms with Crippen molar-refractivity contribution in [2.45, 2.75) is 82.4 Å². The molecular formula is C38H53NO3. The maximum Gasteiger partial charge on any atom is 0.129 e. The van der Waals surface area contributed by atoms with Crippen molar-refractivity contribution in [1.29, 1.82) is 0 Å². The first-order chi connectivity index (χ1) is 20.4. The summed E-state index contributed by atoms with van der Waals surface area (Å²) in [4.78, 5) is 11.2. The quantitative estimate of drug-likeness (QED) is 0.235. The fourth-order valence-corrected chi connectivity index (χ4v) is 3.62. The minimum absolute atomic E-state index is 0.0957. The Bertz CT molecular complexity index is 1370. The van der Waals surface area contributed by atoms with Crippen molar-refractivity contribution in [2.75, 3.05) is 6.61 Å². The molecule has 4 heteroatoms. The molecule has 0 heterocycles. The number of allylic oxidation sites excluding steroid dienone is 2. The van der Waals surface area contributed by atoms with Crippen molar-refractivity contribution >= 4 is 18.6 Å². The molecule has 0 spiro atoms. The lowest BCUT2D eigenvalue weighted by molar-refractivity contribution is 0.286. The van der Waals surface area contributed by atoms with Crippen molar-refractivity contribution in [3.63, 3.8) is 0 Å². The van der Waals surface area contributed by atoms with Crippen LogP contribution < -0.4 is 25.2 Å². The van der Waals surface area contributed by atoms with Crippen molar-refractivity contribution in [2.24, 2.45) is 5.92 Å². The lowest BCUT2D eigenvalue weighted by Crippen LogP contribution is -2.21. The molecule has 4 nitrogen and oxygen atoms in total. The first-order valence-electron chi connectivity index (χ1n) is 15.2. The second-order valence-electron chi connectivity index (χ2n) is 9.14. The van der Waals surface area contributed by atoms with Crippen molar-refractivity contribution < 1.29 is 14.3 Å². The largest absolute Gasteiger partial charge is 0.489 e. The third kappa shape index (κ3) is 13.6. The van der Waals surface area contributed by atoms with E-state index in [-0.39, 0.29) is 12.5 Å². The average Bonchev–Trinajstić information content (AvgIpc) is 3.02. The number of benzene rings is 3. The maximum absolute atomic E-state index is 11.2. The molecule has 228 valence electrons. The maximum atomic E-state index is 11.2. The highest BCUT2D eigenvalue weighted by atomic mass is 16.5. The van der Waals surface area contributed by atoms with E-state index in [0.29, 0.717) is 18.7 Å². The fraction of sp³-hybridized carbons (Fsp3) is 0.368. The van der Waals surface area contributed by atoms with Gasteiger partial charge in [-0.25, -0.2) is 4.79 Å². The van der Waals surface area contributed by atoms with Crippen LogP contribution in [-0.4, -0.2) is 12.5 Å². The van der Waals surface area contributed by atoms with Crippen LogP contribution >= 0.6 is 0 Å². The molecule has 0 unspecified atom stereocenters. The molecule has 0 aliphatic heterocycles. The zero-order chi connectivity index (χ0) is 31.9. The lowest BCUT2D eigenvalue weighted by Gasteiger charge is -2.16. The van der Waals surface area contributed by atoms with Gasteiger partial charge in [0.25, 0.3) is 0 Å². The lowest BCUT2D eigenvalue weighted by atomic mass is 10.1. The molecule has 0 fully saturated rings. The van der Waals surface area contributed by atoms with Crippen LogP contribution in [-0.2, 0) is 17.9 Å². The summed E-state index contributed by atoms with van der Waals surface area (Å²) in [5.74, 6) is 3.65. The molecule has 3 rings (SSSR count). The predicted molar refractivity (Wildman–Crippen MR) is 182 cm³/mol. The molecule has 3 aromatic carbocycles. The summed E-state index contributed by atoms with van der Waals surface area (Å²) in [6.07, 6.45) is 4.13. The van der Waals surface area contributed by atoms with Gasteiger partial charge < -0.3 is 14.8 Å². The number of carbonyl (C=O) groups excluding carboxylic acids is 1. The van der Waals surface area contributed by atoms with E-state index in [1.165, 1.54) is 0 Å². The Morgan fingerprint density at radius 1 is 0.929 bits per heavy atom. The molecular weight excluding hydrogens is 518 g/mol. The average molecular weight is 572 g/mol. The van der Waals surface area contributed by atoms with Gasteiger partial charge in [-0.3, -0.25) is 0 Å². The van der Waals surface area contributed by atoms with Gasteiger partial charge in [0.05, 0.1) is 5.57 Å². The standard InChI is InChI=1S/C32H35NO3.3C2H6/c1-23(2)30(20-34)22-36-32-25(4)11-8-14-29(32)21-35-31-15-9-12-27(18-31)19-33-26(5)16-17-28-13-7-6-10-24(28)3;3*1-2/h6-18,23,33H,3,19,21-22H2,1-2,4-5H3;3*1-2H3/b26-16+,28-17-;;;. The summed E-state index contributed by atoms with van der Waals surface area (Å²) >= 11 is 0. The van der Waals surface area contributed by atoms with Crippen LogP contribution in [0.5, 0.6) is 11.5 Å². The fourth-order valence-electron chi connectivity index (χ4n) is 3.62.